The molecule has 0 unspecified atom stereocenters. The number of hydrogen-bond acceptors (Lipinski definition) is 6. The van der Waals surface area contributed by atoms with Gasteiger partial charge in [0.2, 0.25) is 5.95 Å². The van der Waals surface area contributed by atoms with Crippen LogP contribution in [0.25, 0.3) is 11.3 Å². The highest BCUT2D eigenvalue weighted by Crippen LogP contribution is 2.23. The van der Waals surface area contributed by atoms with E-state index >= 15 is 0 Å². The van der Waals surface area contributed by atoms with Gasteiger partial charge in [-0.3, -0.25) is 0 Å². The van der Waals surface area contributed by atoms with E-state index in [-0.39, 0.29) is 0 Å². The lowest BCUT2D eigenvalue weighted by Crippen LogP contribution is -2.01. The third kappa shape index (κ3) is 4.73. The molecule has 0 radical (unpaired) electrons. The molecule has 0 fully saturated rings. The molecule has 6 heteroatoms. The Hall–Kier alpha value is -3.22. The molecule has 2 aromatic carbocycles. The van der Waals surface area contributed by atoms with E-state index in [1.807, 2.05) is 54.6 Å². The Kier molecular flexibility index (Phi) is 5.61. The summed E-state index contributed by atoms with van der Waals surface area (Å²) in [5.41, 5.74) is 11.5. The second-order valence-corrected chi connectivity index (χ2v) is 6.56. The lowest BCUT2D eigenvalue weighted by atomic mass is 10.1. The fraction of sp³-hybridized carbons (Fsp3) is 0.182. The van der Waals surface area contributed by atoms with Gasteiger partial charge in [0, 0.05) is 23.1 Å². The number of aromatic nitrogens is 2. The zero-order valence-corrected chi connectivity index (χ0v) is 15.5. The number of nitrogens with one attached hydrogen (secondary N) is 1. The molecule has 1 aliphatic rings. The van der Waals surface area contributed by atoms with Crippen LogP contribution in [0.15, 0.2) is 66.9 Å². The lowest BCUT2D eigenvalue weighted by molar-refractivity contribution is 0.140. The second kappa shape index (κ2) is 8.65. The van der Waals surface area contributed by atoms with E-state index in [0.717, 1.165) is 28.1 Å². The highest BCUT2D eigenvalue weighted by Gasteiger charge is 2.06. The predicted molar refractivity (Wildman–Crippen MR) is 110 cm³/mol. The predicted octanol–water partition coefficient (Wildman–Crippen LogP) is 4.07. The van der Waals surface area contributed by atoms with Gasteiger partial charge in [0.25, 0.3) is 0 Å². The minimum Gasteiger partial charge on any atom is -0.399 e. The van der Waals surface area contributed by atoms with Crippen molar-refractivity contribution in [2.24, 2.45) is 0 Å². The maximum atomic E-state index is 6.04. The average Bonchev–Trinajstić information content (AvgIpc) is 2.69. The Labute approximate surface area is 164 Å². The van der Waals surface area contributed by atoms with Gasteiger partial charge in [-0.15, -0.1) is 0 Å². The topological polar surface area (TPSA) is 82.3 Å². The smallest absolute Gasteiger partial charge is 0.227 e. The Bertz CT molecular complexity index is 988. The minimum absolute atomic E-state index is 0.469. The van der Waals surface area contributed by atoms with E-state index in [4.69, 9.17) is 15.2 Å². The summed E-state index contributed by atoms with van der Waals surface area (Å²) in [6.07, 6.45) is 5.67. The molecule has 3 aromatic rings. The molecule has 142 valence electrons. The third-order valence-electron chi connectivity index (χ3n) is 4.28. The van der Waals surface area contributed by atoms with Gasteiger partial charge >= 0.3 is 0 Å². The Morgan fingerprint density at radius 2 is 1.71 bits per heavy atom. The van der Waals surface area contributed by atoms with Gasteiger partial charge in [-0.25, -0.2) is 9.97 Å². The summed E-state index contributed by atoms with van der Waals surface area (Å²) in [5, 5.41) is 3.24. The minimum atomic E-state index is 0.469. The molecule has 0 saturated heterocycles. The Balaban J connectivity index is 1.68. The van der Waals surface area contributed by atoms with Crippen LogP contribution in [0.2, 0.25) is 0 Å². The number of nitrogen functional groups attached to an aromatic ring is 1. The molecule has 1 aromatic heterocycles. The van der Waals surface area contributed by atoms with Crippen LogP contribution in [0.4, 0.5) is 17.3 Å². The lowest BCUT2D eigenvalue weighted by Gasteiger charge is -2.11. The van der Waals surface area contributed by atoms with E-state index in [0.29, 0.717) is 38.1 Å². The van der Waals surface area contributed by atoms with Crippen LogP contribution in [0.5, 0.6) is 0 Å². The number of nitrogens with two attached hydrogens (primary N) is 1. The monoisotopic (exact) mass is 374 g/mol. The molecule has 0 saturated carbocycles. The van der Waals surface area contributed by atoms with Gasteiger partial charge in [0.05, 0.1) is 32.1 Å². The summed E-state index contributed by atoms with van der Waals surface area (Å²) < 4.78 is 11.4. The van der Waals surface area contributed by atoms with Crippen molar-refractivity contribution in [1.29, 1.82) is 0 Å². The molecule has 6 nitrogen and oxygen atoms in total. The highest BCUT2D eigenvalue weighted by molar-refractivity contribution is 5.65. The van der Waals surface area contributed by atoms with Crippen LogP contribution in [0, 0.1) is 0 Å². The first kappa shape index (κ1) is 18.2. The average molecular weight is 374 g/mol. The molecule has 0 spiro atoms. The van der Waals surface area contributed by atoms with Crippen LogP contribution < -0.4 is 11.1 Å². The van der Waals surface area contributed by atoms with Gasteiger partial charge < -0.3 is 20.5 Å². The molecular formula is C22H22N4O2. The summed E-state index contributed by atoms with van der Waals surface area (Å²) in [6, 6.07) is 15.8. The van der Waals surface area contributed by atoms with Crippen molar-refractivity contribution in [3.63, 3.8) is 0 Å². The summed E-state index contributed by atoms with van der Waals surface area (Å²) >= 11 is 0. The fourth-order valence-corrected chi connectivity index (χ4v) is 3.03. The van der Waals surface area contributed by atoms with Crippen LogP contribution in [-0.2, 0) is 22.7 Å². The zero-order chi connectivity index (χ0) is 19.2. The number of anilines is 3. The molecule has 0 amide bonds. The van der Waals surface area contributed by atoms with Crippen molar-refractivity contribution < 1.29 is 9.47 Å². The Morgan fingerprint density at radius 1 is 0.893 bits per heavy atom. The maximum Gasteiger partial charge on any atom is 0.227 e. The SMILES string of the molecule is Nc1cc2cc(c1)Nc1nccc(n1)-c1cccc(c1)COC/C=C/COC2. The van der Waals surface area contributed by atoms with Crippen LogP contribution in [-0.4, -0.2) is 23.2 Å². The first-order valence-corrected chi connectivity index (χ1v) is 9.15. The van der Waals surface area contributed by atoms with Gasteiger partial charge in [0.1, 0.15) is 0 Å². The largest absolute Gasteiger partial charge is 0.399 e. The molecule has 6 bridgehead atoms. The summed E-state index contributed by atoms with van der Waals surface area (Å²) in [7, 11) is 0. The molecule has 3 N–H and O–H groups in total. The van der Waals surface area contributed by atoms with E-state index in [2.05, 4.69) is 21.4 Å². The van der Waals surface area contributed by atoms with Gasteiger partial charge in [-0.1, -0.05) is 30.4 Å². The van der Waals surface area contributed by atoms with Gasteiger partial charge in [-0.05, 0) is 41.5 Å². The number of nitrogens with zero attached hydrogens (tertiary/aromatic N) is 2. The zero-order valence-electron chi connectivity index (χ0n) is 15.5. The van der Waals surface area contributed by atoms with Gasteiger partial charge in [-0.2, -0.15) is 0 Å². The number of benzene rings is 2. The van der Waals surface area contributed by atoms with Crippen molar-refractivity contribution in [2.45, 2.75) is 13.2 Å². The van der Waals surface area contributed by atoms with E-state index in [9.17, 15) is 0 Å². The molecular weight excluding hydrogens is 352 g/mol. The maximum absolute atomic E-state index is 6.04. The van der Waals surface area contributed by atoms with Crippen LogP contribution >= 0.6 is 0 Å². The normalized spacial score (nSPS) is 15.7. The first-order valence-electron chi connectivity index (χ1n) is 9.15. The molecule has 28 heavy (non-hydrogen) atoms. The Morgan fingerprint density at radius 3 is 2.57 bits per heavy atom. The third-order valence-corrected chi connectivity index (χ3v) is 4.28. The van der Waals surface area contributed by atoms with Gasteiger partial charge in [0.15, 0.2) is 0 Å². The summed E-state index contributed by atoms with van der Waals surface area (Å²) in [4.78, 5) is 8.98. The standard InChI is InChI=1S/C22H22N4O2/c23-19-11-17-12-20(13-19)25-22-24-7-6-21(26-22)18-5-3-4-16(10-18)14-27-8-1-2-9-28-15-17/h1-7,10-13H,8-9,14-15,23H2,(H,24,25,26)/b2-1+. The van der Waals surface area contributed by atoms with Crippen LogP contribution in [0.3, 0.4) is 0 Å². The molecule has 1 aliphatic heterocycles. The fourth-order valence-electron chi connectivity index (χ4n) is 3.03. The van der Waals surface area contributed by atoms with Crippen molar-refractivity contribution >= 4 is 17.3 Å². The molecule has 4 rings (SSSR count). The van der Waals surface area contributed by atoms with E-state index in [1.165, 1.54) is 0 Å². The van der Waals surface area contributed by atoms with E-state index < -0.39 is 0 Å². The molecule has 0 aliphatic carbocycles. The number of fused-ring (bicyclic) bond motifs is 7. The first-order chi connectivity index (χ1) is 13.8. The van der Waals surface area contributed by atoms with E-state index in [1.54, 1.807) is 6.20 Å². The van der Waals surface area contributed by atoms with Crippen molar-refractivity contribution in [2.75, 3.05) is 24.3 Å². The number of rotatable bonds is 0. The quantitative estimate of drug-likeness (QED) is 0.456. The molecule has 2 heterocycles. The second-order valence-electron chi connectivity index (χ2n) is 6.56. The van der Waals surface area contributed by atoms with Crippen LogP contribution in [0.1, 0.15) is 11.1 Å². The van der Waals surface area contributed by atoms with Crippen molar-refractivity contribution in [3.05, 3.63) is 78.0 Å². The summed E-state index contributed by atoms with van der Waals surface area (Å²) in [5.74, 6) is 0.515. The van der Waals surface area contributed by atoms with Crippen molar-refractivity contribution in [3.8, 4) is 11.3 Å². The highest BCUT2D eigenvalue weighted by atomic mass is 16.5. The number of ether oxygens (including phenoxy) is 2. The van der Waals surface area contributed by atoms with Crippen molar-refractivity contribution in [1.82, 2.24) is 9.97 Å². The molecule has 0 atom stereocenters. The number of hydrogen-bond donors (Lipinski definition) is 2. The summed E-state index contributed by atoms with van der Waals surface area (Å²) in [6.45, 7) is 2.06.